The van der Waals surface area contributed by atoms with Crippen LogP contribution in [0.3, 0.4) is 0 Å². The fourth-order valence-electron chi connectivity index (χ4n) is 3.56. The predicted octanol–water partition coefficient (Wildman–Crippen LogP) is 3.04. The number of benzene rings is 2. The molecule has 1 amide bonds. The average molecular weight is 369 g/mol. The summed E-state index contributed by atoms with van der Waals surface area (Å²) in [6, 6.07) is 16.6. The molecule has 27 heavy (non-hydrogen) atoms. The van der Waals surface area contributed by atoms with E-state index >= 15 is 0 Å². The van der Waals surface area contributed by atoms with E-state index in [2.05, 4.69) is 22.3 Å². The summed E-state index contributed by atoms with van der Waals surface area (Å²) < 4.78 is 12.9. The number of hydrogen-bond donors (Lipinski definition) is 2. The van der Waals surface area contributed by atoms with Gasteiger partial charge in [-0.2, -0.15) is 0 Å². The van der Waals surface area contributed by atoms with Gasteiger partial charge < -0.3 is 16.0 Å². The van der Waals surface area contributed by atoms with Crippen LogP contribution >= 0.6 is 0 Å². The lowest BCUT2D eigenvalue weighted by Gasteiger charge is -2.33. The van der Waals surface area contributed by atoms with Gasteiger partial charge in [0.25, 0.3) is 0 Å². The van der Waals surface area contributed by atoms with Crippen molar-refractivity contribution in [3.05, 3.63) is 71.5 Å². The molecule has 0 spiro atoms. The van der Waals surface area contributed by atoms with Gasteiger partial charge in [-0.05, 0) is 49.1 Å². The summed E-state index contributed by atoms with van der Waals surface area (Å²) in [5.74, 6) is -0.273. The topological polar surface area (TPSA) is 58.4 Å². The van der Waals surface area contributed by atoms with Crippen molar-refractivity contribution >= 4 is 5.91 Å². The molecular formula is C22H28FN3O. The minimum atomic E-state index is -0.279. The Morgan fingerprint density at radius 1 is 1.11 bits per heavy atom. The van der Waals surface area contributed by atoms with Gasteiger partial charge in [-0.25, -0.2) is 4.39 Å². The monoisotopic (exact) mass is 369 g/mol. The Hall–Kier alpha value is -2.24. The Balaban J connectivity index is 1.36. The number of nitrogens with two attached hydrogens (primary N) is 1. The van der Waals surface area contributed by atoms with Crippen molar-refractivity contribution in [1.29, 1.82) is 0 Å². The van der Waals surface area contributed by atoms with Crippen LogP contribution in [-0.4, -0.2) is 36.5 Å². The second-order valence-electron chi connectivity index (χ2n) is 7.29. The first-order chi connectivity index (χ1) is 13.1. The van der Waals surface area contributed by atoms with E-state index in [4.69, 9.17) is 5.73 Å². The van der Waals surface area contributed by atoms with Crippen LogP contribution < -0.4 is 11.1 Å². The molecule has 0 aliphatic carbocycles. The van der Waals surface area contributed by atoms with E-state index < -0.39 is 0 Å². The summed E-state index contributed by atoms with van der Waals surface area (Å²) in [7, 11) is 0. The van der Waals surface area contributed by atoms with Gasteiger partial charge in [0.05, 0.1) is 6.42 Å². The number of nitrogens with one attached hydrogen (secondary N) is 1. The highest BCUT2D eigenvalue weighted by atomic mass is 19.1. The van der Waals surface area contributed by atoms with E-state index in [0.29, 0.717) is 6.42 Å². The van der Waals surface area contributed by atoms with Gasteiger partial charge in [0, 0.05) is 25.2 Å². The molecule has 0 aromatic heterocycles. The number of carbonyl (C=O) groups is 1. The number of nitrogens with zero attached hydrogens (tertiary/aromatic N) is 1. The van der Waals surface area contributed by atoms with E-state index in [1.54, 1.807) is 12.1 Å². The van der Waals surface area contributed by atoms with Gasteiger partial charge in [0.15, 0.2) is 0 Å². The standard InChI is InChI=1S/C22H28FN3O/c23-19-8-6-17(7-9-19)16-22(27)25-20-10-13-26(14-11-20)15-12-21(24)18-4-2-1-3-5-18/h1-9,20-21H,10-16,24H2,(H,25,27)/t21-/m0/s1. The van der Waals surface area contributed by atoms with E-state index in [9.17, 15) is 9.18 Å². The Bertz CT molecular complexity index is 712. The molecule has 5 heteroatoms. The summed E-state index contributed by atoms with van der Waals surface area (Å²) in [6.07, 6.45) is 3.14. The molecule has 2 aromatic carbocycles. The van der Waals surface area contributed by atoms with Crippen molar-refractivity contribution in [2.24, 2.45) is 5.73 Å². The summed E-state index contributed by atoms with van der Waals surface area (Å²) in [4.78, 5) is 14.6. The maximum absolute atomic E-state index is 12.9. The minimum absolute atomic E-state index is 0.00570. The molecule has 3 rings (SSSR count). The minimum Gasteiger partial charge on any atom is -0.353 e. The van der Waals surface area contributed by atoms with Crippen molar-refractivity contribution < 1.29 is 9.18 Å². The molecule has 1 saturated heterocycles. The van der Waals surface area contributed by atoms with Crippen molar-refractivity contribution in [3.8, 4) is 0 Å². The van der Waals surface area contributed by atoms with E-state index in [1.807, 2.05) is 18.2 Å². The number of hydrogen-bond acceptors (Lipinski definition) is 3. The van der Waals surface area contributed by atoms with Crippen molar-refractivity contribution in [3.63, 3.8) is 0 Å². The van der Waals surface area contributed by atoms with Crippen LogP contribution in [0.1, 0.15) is 36.4 Å². The van der Waals surface area contributed by atoms with Crippen molar-refractivity contribution in [2.75, 3.05) is 19.6 Å². The van der Waals surface area contributed by atoms with Gasteiger partial charge in [-0.1, -0.05) is 42.5 Å². The molecule has 144 valence electrons. The average Bonchev–Trinajstić information content (AvgIpc) is 2.69. The van der Waals surface area contributed by atoms with Gasteiger partial charge in [0.2, 0.25) is 5.91 Å². The van der Waals surface area contributed by atoms with E-state index in [1.165, 1.54) is 17.7 Å². The zero-order valence-corrected chi connectivity index (χ0v) is 15.6. The first kappa shape index (κ1) is 19.5. The normalized spacial score (nSPS) is 16.8. The molecule has 4 nitrogen and oxygen atoms in total. The largest absolute Gasteiger partial charge is 0.353 e. The number of amides is 1. The van der Waals surface area contributed by atoms with Crippen LogP contribution in [0.4, 0.5) is 4.39 Å². The number of piperidine rings is 1. The van der Waals surface area contributed by atoms with Crippen LogP contribution in [0, 0.1) is 5.82 Å². The zero-order chi connectivity index (χ0) is 19.1. The SMILES string of the molecule is N[C@@H](CCN1CCC(NC(=O)Cc2ccc(F)cc2)CC1)c1ccccc1. The third-order valence-corrected chi connectivity index (χ3v) is 5.21. The summed E-state index contributed by atoms with van der Waals surface area (Å²) in [5, 5.41) is 3.11. The lowest BCUT2D eigenvalue weighted by molar-refractivity contribution is -0.121. The van der Waals surface area contributed by atoms with Crippen LogP contribution in [0.5, 0.6) is 0 Å². The second kappa shape index (κ2) is 9.62. The lowest BCUT2D eigenvalue weighted by Crippen LogP contribution is -2.45. The third-order valence-electron chi connectivity index (χ3n) is 5.21. The first-order valence-electron chi connectivity index (χ1n) is 9.67. The Labute approximate surface area is 160 Å². The molecule has 3 N–H and O–H groups in total. The van der Waals surface area contributed by atoms with Crippen LogP contribution in [0.25, 0.3) is 0 Å². The fraction of sp³-hybridized carbons (Fsp3) is 0.409. The molecule has 1 aliphatic rings. The Morgan fingerprint density at radius 3 is 2.44 bits per heavy atom. The molecule has 1 aliphatic heterocycles. The second-order valence-corrected chi connectivity index (χ2v) is 7.29. The van der Waals surface area contributed by atoms with E-state index in [-0.39, 0.29) is 23.8 Å². The van der Waals surface area contributed by atoms with Gasteiger partial charge in [-0.3, -0.25) is 4.79 Å². The highest BCUT2D eigenvalue weighted by Crippen LogP contribution is 2.16. The summed E-state index contributed by atoms with van der Waals surface area (Å²) in [6.45, 7) is 2.93. The highest BCUT2D eigenvalue weighted by molar-refractivity contribution is 5.78. The molecule has 1 fully saturated rings. The maximum atomic E-state index is 12.9. The Morgan fingerprint density at radius 2 is 1.78 bits per heavy atom. The van der Waals surface area contributed by atoms with Gasteiger partial charge in [-0.15, -0.1) is 0 Å². The molecule has 1 heterocycles. The molecule has 0 radical (unpaired) electrons. The van der Waals surface area contributed by atoms with E-state index in [0.717, 1.165) is 44.5 Å². The summed E-state index contributed by atoms with van der Waals surface area (Å²) >= 11 is 0. The zero-order valence-electron chi connectivity index (χ0n) is 15.6. The van der Waals surface area contributed by atoms with Gasteiger partial charge >= 0.3 is 0 Å². The number of likely N-dealkylation sites (tertiary alicyclic amines) is 1. The molecule has 1 atom stereocenters. The lowest BCUT2D eigenvalue weighted by atomic mass is 10.0. The predicted molar refractivity (Wildman–Crippen MR) is 106 cm³/mol. The number of carbonyl (C=O) groups excluding carboxylic acids is 1. The third kappa shape index (κ3) is 6.15. The smallest absolute Gasteiger partial charge is 0.224 e. The molecule has 0 bridgehead atoms. The van der Waals surface area contributed by atoms with Crippen LogP contribution in [0.15, 0.2) is 54.6 Å². The Kier molecular flexibility index (Phi) is 6.96. The van der Waals surface area contributed by atoms with Gasteiger partial charge in [0.1, 0.15) is 5.82 Å². The first-order valence-corrected chi connectivity index (χ1v) is 9.67. The molecular weight excluding hydrogens is 341 g/mol. The molecule has 2 aromatic rings. The van der Waals surface area contributed by atoms with Crippen molar-refractivity contribution in [1.82, 2.24) is 10.2 Å². The quantitative estimate of drug-likeness (QED) is 0.789. The van der Waals surface area contributed by atoms with Crippen LogP contribution in [0.2, 0.25) is 0 Å². The van der Waals surface area contributed by atoms with Crippen molar-refractivity contribution in [2.45, 2.75) is 37.8 Å². The fourth-order valence-corrected chi connectivity index (χ4v) is 3.56. The number of halogens is 1. The number of rotatable bonds is 7. The molecule has 0 unspecified atom stereocenters. The molecule has 0 saturated carbocycles. The maximum Gasteiger partial charge on any atom is 0.224 e. The summed E-state index contributed by atoms with van der Waals surface area (Å²) in [5.41, 5.74) is 8.30. The highest BCUT2D eigenvalue weighted by Gasteiger charge is 2.21. The van der Waals surface area contributed by atoms with Crippen LogP contribution in [-0.2, 0) is 11.2 Å².